The summed E-state index contributed by atoms with van der Waals surface area (Å²) in [5.74, 6) is -0.425. The lowest BCUT2D eigenvalue weighted by molar-refractivity contribution is 0.213. The van der Waals surface area contributed by atoms with Crippen molar-refractivity contribution >= 4 is 5.71 Å². The molecule has 0 saturated heterocycles. The third-order valence-corrected chi connectivity index (χ3v) is 2.22. The van der Waals surface area contributed by atoms with E-state index in [2.05, 4.69) is 9.99 Å². The summed E-state index contributed by atoms with van der Waals surface area (Å²) >= 11 is 0. The second-order valence-corrected chi connectivity index (χ2v) is 3.26. The van der Waals surface area contributed by atoms with Crippen molar-refractivity contribution in [2.24, 2.45) is 19.3 Å². The zero-order valence-electron chi connectivity index (χ0n) is 9.51. The summed E-state index contributed by atoms with van der Waals surface area (Å²) in [4.78, 5) is 27.7. The Morgan fingerprint density at radius 3 is 2.38 bits per heavy atom. The first-order valence-electron chi connectivity index (χ1n) is 4.49. The lowest BCUT2D eigenvalue weighted by Crippen LogP contribution is -2.39. The van der Waals surface area contributed by atoms with Gasteiger partial charge in [0.05, 0.1) is 5.71 Å². The molecule has 1 aromatic heterocycles. The monoisotopic (exact) mass is 227 g/mol. The van der Waals surface area contributed by atoms with E-state index in [1.54, 1.807) is 0 Å². The normalized spacial score (nSPS) is 11.6. The Hall–Kier alpha value is -2.05. The molecule has 1 N–H and O–H groups in total. The average molecular weight is 227 g/mol. The highest BCUT2D eigenvalue weighted by atomic mass is 16.6. The van der Waals surface area contributed by atoms with E-state index in [0.717, 1.165) is 9.13 Å². The molecule has 0 bridgehead atoms. The molecular formula is C9H13N3O4. The van der Waals surface area contributed by atoms with Gasteiger partial charge < -0.3 is 9.94 Å². The fourth-order valence-corrected chi connectivity index (χ4v) is 1.33. The van der Waals surface area contributed by atoms with Crippen LogP contribution in [0.1, 0.15) is 12.5 Å². The smallest absolute Gasteiger partial charge is 0.333 e. The van der Waals surface area contributed by atoms with Crippen LogP contribution in [-0.2, 0) is 18.9 Å². The quantitative estimate of drug-likeness (QED) is 0.527. The predicted molar refractivity (Wildman–Crippen MR) is 57.8 cm³/mol. The van der Waals surface area contributed by atoms with Crippen molar-refractivity contribution in [2.45, 2.75) is 6.92 Å². The van der Waals surface area contributed by atoms with Gasteiger partial charge in [-0.25, -0.2) is 4.79 Å². The molecule has 1 rings (SSSR count). The van der Waals surface area contributed by atoms with E-state index in [4.69, 9.17) is 0 Å². The predicted octanol–water partition coefficient (Wildman–Crippen LogP) is -0.840. The summed E-state index contributed by atoms with van der Waals surface area (Å²) in [6.07, 6.45) is 0. The standard InChI is InChI=1S/C9H13N3O4/c1-5(10-16-4)6-7(13)11(2)9(15)12(3)8(6)14/h13H,1-4H3. The molecule has 0 aromatic carbocycles. The van der Waals surface area contributed by atoms with Gasteiger partial charge in [-0.2, -0.15) is 0 Å². The molecule has 0 spiro atoms. The first-order valence-corrected chi connectivity index (χ1v) is 4.49. The number of aromatic hydroxyl groups is 1. The van der Waals surface area contributed by atoms with Crippen LogP contribution in [0.15, 0.2) is 14.7 Å². The van der Waals surface area contributed by atoms with Crippen LogP contribution in [0.4, 0.5) is 0 Å². The third-order valence-electron chi connectivity index (χ3n) is 2.22. The summed E-state index contributed by atoms with van der Waals surface area (Å²) in [5, 5.41) is 13.3. The Morgan fingerprint density at radius 1 is 1.31 bits per heavy atom. The van der Waals surface area contributed by atoms with Crippen molar-refractivity contribution < 1.29 is 9.94 Å². The molecule has 1 aromatic rings. The Labute approximate surface area is 91.2 Å². The third kappa shape index (κ3) is 1.71. The Kier molecular flexibility index (Phi) is 3.17. The molecular weight excluding hydrogens is 214 g/mol. The van der Waals surface area contributed by atoms with Crippen molar-refractivity contribution in [2.75, 3.05) is 7.11 Å². The van der Waals surface area contributed by atoms with Crippen molar-refractivity contribution in [3.8, 4) is 5.88 Å². The lowest BCUT2D eigenvalue weighted by Gasteiger charge is -2.09. The van der Waals surface area contributed by atoms with Crippen molar-refractivity contribution in [1.82, 2.24) is 9.13 Å². The van der Waals surface area contributed by atoms with Crippen LogP contribution in [0.3, 0.4) is 0 Å². The second-order valence-electron chi connectivity index (χ2n) is 3.26. The van der Waals surface area contributed by atoms with Gasteiger partial charge in [-0.3, -0.25) is 13.9 Å². The van der Waals surface area contributed by atoms with Gasteiger partial charge >= 0.3 is 5.69 Å². The summed E-state index contributed by atoms with van der Waals surface area (Å²) < 4.78 is 1.86. The Bertz CT molecular complexity index is 553. The molecule has 0 amide bonds. The zero-order chi connectivity index (χ0) is 12.5. The van der Waals surface area contributed by atoms with Crippen molar-refractivity contribution in [3.05, 3.63) is 26.4 Å². The molecule has 1 heterocycles. The number of hydrogen-bond donors (Lipinski definition) is 1. The van der Waals surface area contributed by atoms with Gasteiger partial charge in [-0.05, 0) is 6.92 Å². The molecule has 7 heteroatoms. The second kappa shape index (κ2) is 4.21. The maximum absolute atomic E-state index is 11.7. The van der Waals surface area contributed by atoms with Crippen LogP contribution in [0.2, 0.25) is 0 Å². The largest absolute Gasteiger partial charge is 0.494 e. The highest BCUT2D eigenvalue weighted by Gasteiger charge is 2.17. The van der Waals surface area contributed by atoms with Crippen LogP contribution in [0.5, 0.6) is 5.88 Å². The molecule has 0 atom stereocenters. The van der Waals surface area contributed by atoms with Gasteiger partial charge in [0, 0.05) is 14.1 Å². The Morgan fingerprint density at radius 2 is 1.88 bits per heavy atom. The fourth-order valence-electron chi connectivity index (χ4n) is 1.33. The summed E-state index contributed by atoms with van der Waals surface area (Å²) in [7, 11) is 4.02. The summed E-state index contributed by atoms with van der Waals surface area (Å²) in [6.45, 7) is 1.50. The summed E-state index contributed by atoms with van der Waals surface area (Å²) in [6, 6.07) is 0. The van der Waals surface area contributed by atoms with Gasteiger partial charge in [-0.15, -0.1) is 0 Å². The van der Waals surface area contributed by atoms with Gasteiger partial charge in [0.25, 0.3) is 5.56 Å². The SMILES string of the molecule is CON=C(C)c1c(O)n(C)c(=O)n(C)c1=O. The van der Waals surface area contributed by atoms with Gasteiger partial charge in [0.1, 0.15) is 12.7 Å². The average Bonchev–Trinajstić information content (AvgIpc) is 2.24. The number of hydrogen-bond acceptors (Lipinski definition) is 5. The van der Waals surface area contributed by atoms with Gasteiger partial charge in [-0.1, -0.05) is 5.16 Å². The number of nitrogens with zero attached hydrogens (tertiary/aromatic N) is 3. The van der Waals surface area contributed by atoms with E-state index in [-0.39, 0.29) is 11.3 Å². The van der Waals surface area contributed by atoms with Crippen molar-refractivity contribution in [3.63, 3.8) is 0 Å². The molecule has 88 valence electrons. The lowest BCUT2D eigenvalue weighted by atomic mass is 10.2. The number of oxime groups is 1. The minimum absolute atomic E-state index is 0.0496. The van der Waals surface area contributed by atoms with Crippen LogP contribution in [-0.4, -0.2) is 27.1 Å². The van der Waals surface area contributed by atoms with Gasteiger partial charge in [0.15, 0.2) is 0 Å². The fraction of sp³-hybridized carbons (Fsp3) is 0.444. The van der Waals surface area contributed by atoms with Crippen LogP contribution in [0, 0.1) is 0 Å². The highest BCUT2D eigenvalue weighted by molar-refractivity contribution is 5.99. The van der Waals surface area contributed by atoms with E-state index in [9.17, 15) is 14.7 Å². The topological polar surface area (TPSA) is 85.8 Å². The number of rotatable bonds is 2. The van der Waals surface area contributed by atoms with E-state index >= 15 is 0 Å². The molecule has 0 fully saturated rings. The molecule has 0 saturated carbocycles. The van der Waals surface area contributed by atoms with E-state index in [1.165, 1.54) is 28.1 Å². The van der Waals surface area contributed by atoms with E-state index in [0.29, 0.717) is 0 Å². The molecule has 7 nitrogen and oxygen atoms in total. The van der Waals surface area contributed by atoms with E-state index < -0.39 is 17.1 Å². The molecule has 0 aliphatic rings. The minimum atomic E-state index is -0.612. The molecule has 0 aliphatic carbocycles. The highest BCUT2D eigenvalue weighted by Crippen LogP contribution is 2.09. The summed E-state index contributed by atoms with van der Waals surface area (Å²) in [5.41, 5.74) is -1.06. The van der Waals surface area contributed by atoms with Gasteiger partial charge in [0.2, 0.25) is 5.88 Å². The first kappa shape index (κ1) is 12.0. The maximum Gasteiger partial charge on any atom is 0.333 e. The van der Waals surface area contributed by atoms with Crippen LogP contribution in [0.25, 0.3) is 0 Å². The number of aromatic nitrogens is 2. The molecule has 0 radical (unpaired) electrons. The first-order chi connectivity index (χ1) is 7.41. The molecule has 16 heavy (non-hydrogen) atoms. The minimum Gasteiger partial charge on any atom is -0.494 e. The van der Waals surface area contributed by atoms with Crippen LogP contribution >= 0.6 is 0 Å². The Balaban J connectivity index is 3.72. The van der Waals surface area contributed by atoms with E-state index in [1.807, 2.05) is 0 Å². The van der Waals surface area contributed by atoms with Crippen LogP contribution < -0.4 is 11.2 Å². The molecule has 0 aliphatic heterocycles. The molecule has 0 unspecified atom stereocenters. The maximum atomic E-state index is 11.7. The van der Waals surface area contributed by atoms with Crippen molar-refractivity contribution in [1.29, 1.82) is 0 Å². The zero-order valence-corrected chi connectivity index (χ0v) is 9.51.